The molecule has 146 valence electrons. The minimum Gasteiger partial charge on any atom is -0.466 e. The van der Waals surface area contributed by atoms with Crippen LogP contribution < -0.4 is 10.6 Å². The number of likely N-dealkylation sites (N-methyl/N-ethyl adjacent to an activating group) is 1. The van der Waals surface area contributed by atoms with Crippen LogP contribution in [0, 0.1) is 0 Å². The van der Waals surface area contributed by atoms with Crippen LogP contribution in [0.2, 0.25) is 5.02 Å². The summed E-state index contributed by atoms with van der Waals surface area (Å²) in [6.45, 7) is 1.03. The number of rotatable bonds is 6. The number of nitrogens with zero attached hydrogens (tertiary/aromatic N) is 1. The molecule has 2 N–H and O–H groups in total. The van der Waals surface area contributed by atoms with Gasteiger partial charge in [0.1, 0.15) is 0 Å². The second-order valence-corrected chi connectivity index (χ2v) is 7.00. The molecule has 1 atom stereocenters. The van der Waals surface area contributed by atoms with E-state index in [2.05, 4.69) is 10.6 Å². The summed E-state index contributed by atoms with van der Waals surface area (Å²) in [5.74, 6) is -0.513. The number of hydrogen-bond donors (Lipinski definition) is 2. The number of ether oxygens (including phenoxy) is 1. The lowest BCUT2D eigenvalue weighted by Crippen LogP contribution is -2.48. The number of benzene rings is 2. The number of nitrogens with one attached hydrogen (secondary N) is 2. The first-order chi connectivity index (χ1) is 13.5. The highest BCUT2D eigenvalue weighted by Crippen LogP contribution is 2.32. The number of esters is 1. The number of urea groups is 1. The minimum atomic E-state index is -0.685. The molecule has 1 aliphatic rings. The maximum atomic E-state index is 12.6. The topological polar surface area (TPSA) is 70.7 Å². The van der Waals surface area contributed by atoms with Crippen molar-refractivity contribution in [1.29, 1.82) is 0 Å². The highest BCUT2D eigenvalue weighted by Gasteiger charge is 2.34. The molecule has 1 unspecified atom stereocenters. The third kappa shape index (κ3) is 4.52. The maximum absolute atomic E-state index is 12.6. The molecular formula is C21H22ClN3O3. The van der Waals surface area contributed by atoms with Gasteiger partial charge in [-0.15, -0.1) is 0 Å². The minimum absolute atomic E-state index is 0.343. The van der Waals surface area contributed by atoms with Crippen LogP contribution in [0.3, 0.4) is 0 Å². The van der Waals surface area contributed by atoms with Gasteiger partial charge < -0.3 is 15.4 Å². The van der Waals surface area contributed by atoms with Gasteiger partial charge in [0.05, 0.1) is 18.7 Å². The van der Waals surface area contributed by atoms with Crippen LogP contribution in [-0.4, -0.2) is 37.6 Å². The Hall–Kier alpha value is -2.83. The van der Waals surface area contributed by atoms with Gasteiger partial charge in [-0.2, -0.15) is 0 Å². The average Bonchev–Trinajstić information content (AvgIpc) is 2.68. The fraction of sp³-hybridized carbons (Fsp3) is 0.238. The zero-order chi connectivity index (χ0) is 20.1. The first-order valence-electron chi connectivity index (χ1n) is 8.85. The number of methoxy groups -OCH3 is 1. The summed E-state index contributed by atoms with van der Waals surface area (Å²) in [5, 5.41) is 6.01. The molecule has 0 saturated carbocycles. The molecule has 0 bridgehead atoms. The van der Waals surface area contributed by atoms with Crippen LogP contribution in [0.15, 0.2) is 65.9 Å². The monoisotopic (exact) mass is 399 g/mol. The SMILES string of the molecule is COC(=O)C1=C(CN(C)Cc2ccccc2)NC(=O)NC1c1ccccc1Cl. The van der Waals surface area contributed by atoms with E-state index in [1.54, 1.807) is 18.2 Å². The number of halogens is 1. The van der Waals surface area contributed by atoms with E-state index in [-0.39, 0.29) is 6.03 Å². The predicted molar refractivity (Wildman–Crippen MR) is 108 cm³/mol. The molecule has 28 heavy (non-hydrogen) atoms. The van der Waals surface area contributed by atoms with Gasteiger partial charge in [0.2, 0.25) is 0 Å². The number of carbonyl (C=O) groups is 2. The van der Waals surface area contributed by atoms with Crippen molar-refractivity contribution in [2.75, 3.05) is 20.7 Å². The molecule has 6 nitrogen and oxygen atoms in total. The van der Waals surface area contributed by atoms with Gasteiger partial charge in [0, 0.05) is 23.8 Å². The van der Waals surface area contributed by atoms with Crippen molar-refractivity contribution in [3.05, 3.63) is 82.0 Å². The molecule has 0 aliphatic carbocycles. The highest BCUT2D eigenvalue weighted by molar-refractivity contribution is 6.31. The molecule has 2 aromatic rings. The van der Waals surface area contributed by atoms with Crippen LogP contribution >= 0.6 is 11.6 Å². The van der Waals surface area contributed by atoms with Crippen LogP contribution in [0.5, 0.6) is 0 Å². The summed E-state index contributed by atoms with van der Waals surface area (Å²) in [6, 6.07) is 16.0. The second kappa shape index (κ2) is 8.91. The summed E-state index contributed by atoms with van der Waals surface area (Å²) >= 11 is 6.32. The van der Waals surface area contributed by atoms with Crippen LogP contribution in [0.4, 0.5) is 4.79 Å². The van der Waals surface area contributed by atoms with E-state index in [0.29, 0.717) is 34.9 Å². The van der Waals surface area contributed by atoms with E-state index in [0.717, 1.165) is 5.56 Å². The Balaban J connectivity index is 1.95. The number of amides is 2. The molecule has 2 aromatic carbocycles. The van der Waals surface area contributed by atoms with E-state index in [4.69, 9.17) is 16.3 Å². The van der Waals surface area contributed by atoms with Gasteiger partial charge in [-0.3, -0.25) is 4.90 Å². The normalized spacial score (nSPS) is 16.6. The molecule has 7 heteroatoms. The summed E-state index contributed by atoms with van der Waals surface area (Å²) < 4.78 is 5.00. The maximum Gasteiger partial charge on any atom is 0.338 e. The smallest absolute Gasteiger partial charge is 0.338 e. The van der Waals surface area contributed by atoms with E-state index < -0.39 is 12.0 Å². The summed E-state index contributed by atoms with van der Waals surface area (Å²) in [5.41, 5.74) is 2.62. The van der Waals surface area contributed by atoms with E-state index in [1.807, 2.05) is 48.3 Å². The fourth-order valence-corrected chi connectivity index (χ4v) is 3.50. The standard InChI is InChI=1S/C21H22ClN3O3/c1-25(12-14-8-4-3-5-9-14)13-17-18(20(26)28-2)19(24-21(27)23-17)15-10-6-7-11-16(15)22/h3-11,19H,12-13H2,1-2H3,(H2,23,24,27). The summed E-state index contributed by atoms with van der Waals surface area (Å²) in [4.78, 5) is 26.9. The van der Waals surface area contributed by atoms with E-state index in [1.165, 1.54) is 7.11 Å². The lowest BCUT2D eigenvalue weighted by molar-refractivity contribution is -0.136. The largest absolute Gasteiger partial charge is 0.466 e. The highest BCUT2D eigenvalue weighted by atomic mass is 35.5. The zero-order valence-corrected chi connectivity index (χ0v) is 16.5. The first-order valence-corrected chi connectivity index (χ1v) is 9.23. The molecule has 3 rings (SSSR count). The van der Waals surface area contributed by atoms with Gasteiger partial charge in [-0.05, 0) is 24.2 Å². The van der Waals surface area contributed by atoms with Gasteiger partial charge in [-0.1, -0.05) is 60.1 Å². The number of carbonyl (C=O) groups excluding carboxylic acids is 2. The molecule has 0 saturated heterocycles. The zero-order valence-electron chi connectivity index (χ0n) is 15.7. The molecule has 1 aliphatic heterocycles. The fourth-order valence-electron chi connectivity index (χ4n) is 3.26. The predicted octanol–water partition coefficient (Wildman–Crippen LogP) is 3.25. The van der Waals surface area contributed by atoms with Crippen LogP contribution in [0.1, 0.15) is 17.2 Å². The molecule has 0 fully saturated rings. The Bertz CT molecular complexity index is 899. The second-order valence-electron chi connectivity index (χ2n) is 6.59. The van der Waals surface area contributed by atoms with Gasteiger partial charge in [0.25, 0.3) is 0 Å². The van der Waals surface area contributed by atoms with Crippen LogP contribution in [-0.2, 0) is 16.1 Å². The van der Waals surface area contributed by atoms with Crippen LogP contribution in [0.25, 0.3) is 0 Å². The van der Waals surface area contributed by atoms with Gasteiger partial charge >= 0.3 is 12.0 Å². The van der Waals surface area contributed by atoms with Crippen molar-refractivity contribution >= 4 is 23.6 Å². The Kier molecular flexibility index (Phi) is 6.34. The summed E-state index contributed by atoms with van der Waals surface area (Å²) in [7, 11) is 3.24. The Morgan fingerprint density at radius 3 is 2.46 bits per heavy atom. The van der Waals surface area contributed by atoms with Gasteiger partial charge in [-0.25, -0.2) is 9.59 Å². The van der Waals surface area contributed by atoms with Crippen molar-refractivity contribution < 1.29 is 14.3 Å². The Morgan fingerprint density at radius 2 is 1.79 bits per heavy atom. The molecular weight excluding hydrogens is 378 g/mol. The molecule has 0 aromatic heterocycles. The van der Waals surface area contributed by atoms with E-state index >= 15 is 0 Å². The first kappa shape index (κ1) is 19.9. The lowest BCUT2D eigenvalue weighted by atomic mass is 9.95. The average molecular weight is 400 g/mol. The number of hydrogen-bond acceptors (Lipinski definition) is 4. The lowest BCUT2D eigenvalue weighted by Gasteiger charge is -2.31. The third-order valence-electron chi connectivity index (χ3n) is 4.50. The Morgan fingerprint density at radius 1 is 1.11 bits per heavy atom. The van der Waals surface area contributed by atoms with Gasteiger partial charge in [0.15, 0.2) is 0 Å². The molecule has 2 amide bonds. The van der Waals surface area contributed by atoms with Crippen molar-refractivity contribution in [3.63, 3.8) is 0 Å². The van der Waals surface area contributed by atoms with Crippen molar-refractivity contribution in [2.24, 2.45) is 0 Å². The van der Waals surface area contributed by atoms with E-state index in [9.17, 15) is 9.59 Å². The van der Waals surface area contributed by atoms with Crippen molar-refractivity contribution in [2.45, 2.75) is 12.6 Å². The Labute approximate surface area is 169 Å². The quantitative estimate of drug-likeness (QED) is 0.731. The third-order valence-corrected chi connectivity index (χ3v) is 4.84. The molecule has 1 heterocycles. The molecule has 0 spiro atoms. The summed E-state index contributed by atoms with van der Waals surface area (Å²) in [6.07, 6.45) is 0. The molecule has 0 radical (unpaired) electrons. The van der Waals surface area contributed by atoms with Crippen molar-refractivity contribution in [3.8, 4) is 0 Å². The van der Waals surface area contributed by atoms with Crippen molar-refractivity contribution in [1.82, 2.24) is 15.5 Å².